The number of hydrogen-bond donors (Lipinski definition) is 3. The molecule has 7 nitrogen and oxygen atoms in total. The van der Waals surface area contributed by atoms with E-state index in [4.69, 9.17) is 4.74 Å². The largest absolute Gasteiger partial charge is 0.457 e. The van der Waals surface area contributed by atoms with Gasteiger partial charge in [0.15, 0.2) is 0 Å². The molecule has 0 amide bonds. The number of ether oxygens (including phenoxy) is 1. The van der Waals surface area contributed by atoms with Crippen LogP contribution in [0.1, 0.15) is 49.4 Å². The Morgan fingerprint density at radius 2 is 1.82 bits per heavy atom. The summed E-state index contributed by atoms with van der Waals surface area (Å²) >= 11 is 0. The number of aliphatic hydroxyl groups is 1. The lowest BCUT2D eigenvalue weighted by atomic mass is 9.96. The van der Waals surface area contributed by atoms with Crippen molar-refractivity contribution in [3.63, 3.8) is 0 Å². The zero-order valence-corrected chi connectivity index (χ0v) is 20.7. The van der Waals surface area contributed by atoms with E-state index < -0.39 is 32.7 Å². The molecule has 0 fully saturated rings. The highest BCUT2D eigenvalue weighted by Gasteiger charge is 2.46. The minimum absolute atomic E-state index is 0.161. The maximum atomic E-state index is 14.3. The molecular formula is C25H34FN3O4S. The van der Waals surface area contributed by atoms with Crippen molar-refractivity contribution < 1.29 is 22.7 Å². The summed E-state index contributed by atoms with van der Waals surface area (Å²) in [6, 6.07) is 13.2. The highest BCUT2D eigenvalue weighted by molar-refractivity contribution is 7.91. The Balaban J connectivity index is 1.78. The average molecular weight is 492 g/mol. The molecule has 0 bridgehead atoms. The minimum Gasteiger partial charge on any atom is -0.457 e. The zero-order chi connectivity index (χ0) is 24.8. The van der Waals surface area contributed by atoms with Crippen LogP contribution in [0.3, 0.4) is 0 Å². The molecule has 0 saturated heterocycles. The van der Waals surface area contributed by atoms with Gasteiger partial charge in [-0.25, -0.2) is 12.8 Å². The summed E-state index contributed by atoms with van der Waals surface area (Å²) in [5, 5.41) is 14.6. The van der Waals surface area contributed by atoms with Crippen LogP contribution in [0.15, 0.2) is 52.9 Å². The summed E-state index contributed by atoms with van der Waals surface area (Å²) in [6.45, 7) is 4.14. The van der Waals surface area contributed by atoms with E-state index in [9.17, 15) is 17.9 Å². The van der Waals surface area contributed by atoms with E-state index in [1.807, 2.05) is 31.3 Å². The molecule has 1 unspecified atom stereocenters. The van der Waals surface area contributed by atoms with Gasteiger partial charge in [0.2, 0.25) is 0 Å². The first kappa shape index (κ1) is 26.1. The predicted octanol–water partition coefficient (Wildman–Crippen LogP) is 3.10. The van der Waals surface area contributed by atoms with Gasteiger partial charge in [-0.2, -0.15) is 0 Å². The lowest BCUT2D eigenvalue weighted by molar-refractivity contribution is 0.0760. The lowest BCUT2D eigenvalue weighted by Gasteiger charge is -2.38. The average Bonchev–Trinajstić information content (AvgIpc) is 2.77. The van der Waals surface area contributed by atoms with Crippen molar-refractivity contribution >= 4 is 16.0 Å². The van der Waals surface area contributed by atoms with Crippen molar-refractivity contribution in [3.8, 4) is 0 Å². The van der Waals surface area contributed by atoms with Crippen LogP contribution in [0.4, 0.5) is 4.39 Å². The third kappa shape index (κ3) is 6.55. The van der Waals surface area contributed by atoms with E-state index in [0.29, 0.717) is 5.56 Å². The number of nitrogens with zero attached hydrogens (tertiary/aromatic N) is 1. The van der Waals surface area contributed by atoms with Crippen LogP contribution < -0.4 is 10.6 Å². The van der Waals surface area contributed by atoms with Gasteiger partial charge in [0, 0.05) is 12.2 Å². The first-order valence-electron chi connectivity index (χ1n) is 11.5. The SMILES string of the molecule is CNCCCc1ccc(CC2C(C)(C)OC(N[C@@H](CCO)c3ccccc3F)=NS2(=O)=O)cc1. The van der Waals surface area contributed by atoms with E-state index in [1.54, 1.807) is 32.0 Å². The van der Waals surface area contributed by atoms with E-state index in [0.717, 1.165) is 24.9 Å². The molecule has 1 aliphatic heterocycles. The third-order valence-corrected chi connectivity index (χ3v) is 7.91. The maximum absolute atomic E-state index is 14.3. The van der Waals surface area contributed by atoms with Crippen LogP contribution in [0.5, 0.6) is 0 Å². The monoisotopic (exact) mass is 491 g/mol. The van der Waals surface area contributed by atoms with Crippen molar-refractivity contribution in [3.05, 3.63) is 71.0 Å². The van der Waals surface area contributed by atoms with Crippen LogP contribution in [-0.2, 0) is 27.6 Å². The Morgan fingerprint density at radius 3 is 2.44 bits per heavy atom. The van der Waals surface area contributed by atoms with Gasteiger partial charge in [0.25, 0.3) is 10.0 Å². The fourth-order valence-electron chi connectivity index (χ4n) is 4.14. The molecular weight excluding hydrogens is 457 g/mol. The van der Waals surface area contributed by atoms with Crippen LogP contribution in [-0.4, -0.2) is 50.6 Å². The Bertz CT molecular complexity index is 1090. The summed E-state index contributed by atoms with van der Waals surface area (Å²) in [5.41, 5.74) is 1.32. The fraction of sp³-hybridized carbons (Fsp3) is 0.480. The second-order valence-corrected chi connectivity index (χ2v) is 10.8. The molecule has 0 aliphatic carbocycles. The van der Waals surface area contributed by atoms with Gasteiger partial charge in [0.1, 0.15) is 16.7 Å². The quantitative estimate of drug-likeness (QED) is 0.442. The number of amidine groups is 1. The van der Waals surface area contributed by atoms with Crippen molar-refractivity contribution in [2.45, 2.75) is 56.4 Å². The topological polar surface area (TPSA) is 100 Å². The van der Waals surface area contributed by atoms with Gasteiger partial charge in [-0.3, -0.25) is 0 Å². The van der Waals surface area contributed by atoms with Crippen molar-refractivity contribution in [2.75, 3.05) is 20.2 Å². The third-order valence-electron chi connectivity index (χ3n) is 6.04. The maximum Gasteiger partial charge on any atom is 0.301 e. The van der Waals surface area contributed by atoms with Crippen LogP contribution >= 0.6 is 0 Å². The van der Waals surface area contributed by atoms with Gasteiger partial charge < -0.3 is 20.5 Å². The number of aliphatic hydroxyl groups excluding tert-OH is 1. The molecule has 2 atom stereocenters. The van der Waals surface area contributed by atoms with Crippen molar-refractivity contribution in [1.82, 2.24) is 10.6 Å². The molecule has 1 heterocycles. The molecule has 0 radical (unpaired) electrons. The first-order valence-corrected chi connectivity index (χ1v) is 13.0. The molecule has 0 saturated carbocycles. The molecule has 3 N–H and O–H groups in total. The molecule has 186 valence electrons. The number of nitrogens with one attached hydrogen (secondary N) is 2. The standard InChI is InChI=1S/C25H34FN3O4S/c1-25(2)23(17-19-12-10-18(11-13-19)7-6-15-27-3)34(31,32)29-24(33-25)28-22(14-16-30)20-8-4-5-9-21(20)26/h4-5,8-13,22-23,27,30H,6-7,14-17H2,1-3H3,(H,28,29)/t22-,23?/m0/s1. The highest BCUT2D eigenvalue weighted by Crippen LogP contribution is 2.31. The molecule has 2 aromatic carbocycles. The number of aryl methyl sites for hydroxylation is 1. The molecule has 2 aromatic rings. The smallest absolute Gasteiger partial charge is 0.301 e. The molecule has 0 spiro atoms. The zero-order valence-electron chi connectivity index (χ0n) is 19.9. The predicted molar refractivity (Wildman–Crippen MR) is 132 cm³/mol. The van der Waals surface area contributed by atoms with Crippen LogP contribution in [0, 0.1) is 5.82 Å². The first-order chi connectivity index (χ1) is 16.2. The summed E-state index contributed by atoms with van der Waals surface area (Å²) in [4.78, 5) is 0. The Morgan fingerprint density at radius 1 is 1.15 bits per heavy atom. The second kappa shape index (κ2) is 11.3. The lowest BCUT2D eigenvalue weighted by Crippen LogP contribution is -2.53. The second-order valence-electron chi connectivity index (χ2n) is 9.06. The van der Waals surface area contributed by atoms with Crippen molar-refractivity contribution in [1.29, 1.82) is 0 Å². The van der Waals surface area contributed by atoms with Gasteiger partial charge >= 0.3 is 6.02 Å². The molecule has 1 aliphatic rings. The molecule has 3 rings (SSSR count). The summed E-state index contributed by atoms with van der Waals surface area (Å²) in [6.07, 6.45) is 2.40. The molecule has 9 heteroatoms. The minimum atomic E-state index is -3.92. The number of rotatable bonds is 10. The summed E-state index contributed by atoms with van der Waals surface area (Å²) in [5.74, 6) is -0.459. The van der Waals surface area contributed by atoms with Gasteiger partial charge in [-0.05, 0) is 70.3 Å². The van der Waals surface area contributed by atoms with Gasteiger partial charge in [0.05, 0.1) is 6.04 Å². The van der Waals surface area contributed by atoms with Crippen LogP contribution in [0.25, 0.3) is 0 Å². The van der Waals surface area contributed by atoms with Crippen molar-refractivity contribution in [2.24, 2.45) is 4.40 Å². The summed E-state index contributed by atoms with van der Waals surface area (Å²) in [7, 11) is -2.00. The normalized spacial score (nSPS) is 19.7. The molecule has 0 aromatic heterocycles. The fourth-order valence-corrected chi connectivity index (χ4v) is 5.76. The summed E-state index contributed by atoms with van der Waals surface area (Å²) < 4.78 is 50.5. The Kier molecular flexibility index (Phi) is 8.67. The van der Waals surface area contributed by atoms with E-state index >= 15 is 0 Å². The number of halogens is 1. The Labute approximate surface area is 201 Å². The van der Waals surface area contributed by atoms with Crippen LogP contribution in [0.2, 0.25) is 0 Å². The number of benzene rings is 2. The van der Waals surface area contributed by atoms with E-state index in [2.05, 4.69) is 15.0 Å². The van der Waals surface area contributed by atoms with Gasteiger partial charge in [-0.1, -0.05) is 42.5 Å². The van der Waals surface area contributed by atoms with Gasteiger partial charge in [-0.15, -0.1) is 4.40 Å². The highest BCUT2D eigenvalue weighted by atomic mass is 32.2. The number of hydrogen-bond acceptors (Lipinski definition) is 6. The van der Waals surface area contributed by atoms with E-state index in [1.165, 1.54) is 11.6 Å². The molecule has 34 heavy (non-hydrogen) atoms. The number of sulfonamides is 1. The van der Waals surface area contributed by atoms with E-state index in [-0.39, 0.29) is 25.5 Å². The Hall–Kier alpha value is -2.49.